The molecule has 9 aromatic rings. The van der Waals surface area contributed by atoms with Crippen LogP contribution in [0.2, 0.25) is 0 Å². The van der Waals surface area contributed by atoms with Gasteiger partial charge in [-0.25, -0.2) is 0 Å². The van der Waals surface area contributed by atoms with Crippen LogP contribution in [0.5, 0.6) is 0 Å². The quantitative estimate of drug-likeness (QED) is 0.172. The van der Waals surface area contributed by atoms with E-state index in [-0.39, 0.29) is 16.2 Å². The fraction of sp³-hybridized carbons (Fsp3) is 0.216. The van der Waals surface area contributed by atoms with E-state index in [1.807, 2.05) is 0 Å². The Labute approximate surface area is 311 Å². The van der Waals surface area contributed by atoms with Gasteiger partial charge in [0.1, 0.15) is 0 Å². The first kappa shape index (κ1) is 31.0. The van der Waals surface area contributed by atoms with Crippen molar-refractivity contribution in [3.05, 3.63) is 156 Å². The number of hydrogen-bond acceptors (Lipinski definition) is 0. The maximum Gasteiger partial charge on any atom is 0.0795 e. The molecule has 0 atom stereocenters. The number of rotatable bonds is 2. The molecular formula is C51H44N2. The maximum atomic E-state index is 2.66. The summed E-state index contributed by atoms with van der Waals surface area (Å²) in [6, 6.07) is 50.5. The predicted molar refractivity (Wildman–Crippen MR) is 225 cm³/mol. The van der Waals surface area contributed by atoms with Crippen molar-refractivity contribution in [3.8, 4) is 22.5 Å². The van der Waals surface area contributed by atoms with Gasteiger partial charge in [-0.1, -0.05) is 145 Å². The Balaban J connectivity index is 1.40. The molecule has 2 heterocycles. The van der Waals surface area contributed by atoms with Crippen molar-refractivity contribution in [2.45, 2.75) is 70.6 Å². The third-order valence-electron chi connectivity index (χ3n) is 13.3. The number of para-hydroxylation sites is 2. The van der Waals surface area contributed by atoms with Gasteiger partial charge in [0, 0.05) is 38.3 Å². The third-order valence-corrected chi connectivity index (χ3v) is 13.3. The summed E-state index contributed by atoms with van der Waals surface area (Å²) in [4.78, 5) is 0. The van der Waals surface area contributed by atoms with Gasteiger partial charge < -0.3 is 9.13 Å². The second-order valence-corrected chi connectivity index (χ2v) is 17.6. The highest BCUT2D eigenvalue weighted by atomic mass is 15.0. The summed E-state index contributed by atoms with van der Waals surface area (Å²) in [6.07, 6.45) is 2.34. The topological polar surface area (TPSA) is 9.86 Å². The van der Waals surface area contributed by atoms with Crippen molar-refractivity contribution in [2.24, 2.45) is 0 Å². The molecule has 7 aromatic carbocycles. The second-order valence-electron chi connectivity index (χ2n) is 17.6. The number of benzene rings is 7. The molecule has 0 bridgehead atoms. The van der Waals surface area contributed by atoms with Crippen molar-refractivity contribution in [2.75, 3.05) is 0 Å². The Morgan fingerprint density at radius 2 is 1.02 bits per heavy atom. The predicted octanol–water partition coefficient (Wildman–Crippen LogP) is 13.7. The Kier molecular flexibility index (Phi) is 6.01. The van der Waals surface area contributed by atoms with Gasteiger partial charge in [-0.2, -0.15) is 0 Å². The van der Waals surface area contributed by atoms with Crippen molar-refractivity contribution < 1.29 is 0 Å². The lowest BCUT2D eigenvalue weighted by Crippen LogP contribution is -2.34. The zero-order chi connectivity index (χ0) is 36.0. The highest BCUT2D eigenvalue weighted by Crippen LogP contribution is 2.54. The lowest BCUT2D eigenvalue weighted by atomic mass is 9.62. The van der Waals surface area contributed by atoms with Crippen molar-refractivity contribution in [1.29, 1.82) is 0 Å². The van der Waals surface area contributed by atoms with E-state index in [1.54, 1.807) is 0 Å². The molecule has 2 aliphatic carbocycles. The summed E-state index contributed by atoms with van der Waals surface area (Å²) in [5.41, 5.74) is 16.1. The molecule has 0 saturated carbocycles. The first-order chi connectivity index (χ1) is 25.6. The van der Waals surface area contributed by atoms with Gasteiger partial charge in [0.05, 0.1) is 22.1 Å². The van der Waals surface area contributed by atoms with Crippen molar-refractivity contribution in [3.63, 3.8) is 0 Å². The summed E-state index contributed by atoms with van der Waals surface area (Å²) in [5.74, 6) is 0. The molecule has 0 fully saturated rings. The monoisotopic (exact) mass is 684 g/mol. The average molecular weight is 685 g/mol. The van der Waals surface area contributed by atoms with Crippen LogP contribution in [0.4, 0.5) is 0 Å². The molecule has 0 unspecified atom stereocenters. The minimum Gasteiger partial charge on any atom is -0.307 e. The Morgan fingerprint density at radius 1 is 0.415 bits per heavy atom. The normalized spacial score (nSPS) is 16.8. The van der Waals surface area contributed by atoms with Crippen LogP contribution in [0.1, 0.15) is 76.6 Å². The third kappa shape index (κ3) is 3.94. The number of nitrogens with zero attached hydrogens (tertiary/aromatic N) is 2. The lowest BCUT2D eigenvalue weighted by molar-refractivity contribution is 0.334. The molecule has 11 rings (SSSR count). The summed E-state index contributed by atoms with van der Waals surface area (Å²) < 4.78 is 5.25. The Hall–Kier alpha value is -5.60. The summed E-state index contributed by atoms with van der Waals surface area (Å²) in [7, 11) is 0. The molecule has 258 valence electrons. The highest BCUT2D eigenvalue weighted by Gasteiger charge is 2.40. The van der Waals surface area contributed by atoms with Crippen LogP contribution in [-0.4, -0.2) is 9.13 Å². The van der Waals surface area contributed by atoms with E-state index in [4.69, 9.17) is 0 Å². The Bertz CT molecular complexity index is 3020. The van der Waals surface area contributed by atoms with Crippen LogP contribution < -0.4 is 0 Å². The van der Waals surface area contributed by atoms with Crippen LogP contribution in [0.25, 0.3) is 76.9 Å². The van der Waals surface area contributed by atoms with Crippen molar-refractivity contribution in [1.82, 2.24) is 9.13 Å². The summed E-state index contributed by atoms with van der Waals surface area (Å²) >= 11 is 0. The van der Waals surface area contributed by atoms with E-state index in [9.17, 15) is 0 Å². The maximum absolute atomic E-state index is 2.66. The molecule has 0 N–H and O–H groups in total. The van der Waals surface area contributed by atoms with E-state index < -0.39 is 0 Å². The fourth-order valence-corrected chi connectivity index (χ4v) is 10.6. The molecule has 0 aliphatic heterocycles. The highest BCUT2D eigenvalue weighted by molar-refractivity contribution is 6.36. The zero-order valence-corrected chi connectivity index (χ0v) is 31.5. The van der Waals surface area contributed by atoms with Gasteiger partial charge >= 0.3 is 0 Å². The molecule has 2 aliphatic rings. The summed E-state index contributed by atoms with van der Waals surface area (Å²) in [5, 5.41) is 7.91. The molecule has 53 heavy (non-hydrogen) atoms. The van der Waals surface area contributed by atoms with Gasteiger partial charge in [0.25, 0.3) is 0 Å². The smallest absolute Gasteiger partial charge is 0.0795 e. The molecule has 2 nitrogen and oxygen atoms in total. The van der Waals surface area contributed by atoms with Gasteiger partial charge in [0.15, 0.2) is 0 Å². The molecular weight excluding hydrogens is 641 g/mol. The fourth-order valence-electron chi connectivity index (χ4n) is 10.6. The Morgan fingerprint density at radius 3 is 1.79 bits per heavy atom. The van der Waals surface area contributed by atoms with Crippen LogP contribution in [0, 0.1) is 0 Å². The van der Waals surface area contributed by atoms with E-state index in [0.29, 0.717) is 0 Å². The largest absolute Gasteiger partial charge is 0.307 e. The lowest BCUT2D eigenvalue weighted by Gasteiger charge is -2.42. The molecule has 0 saturated heterocycles. The minimum atomic E-state index is -0.0981. The van der Waals surface area contributed by atoms with Crippen LogP contribution in [0.15, 0.2) is 133 Å². The number of fused-ring (bicyclic) bond motifs is 15. The van der Waals surface area contributed by atoms with Crippen LogP contribution in [-0.2, 0) is 16.2 Å². The molecule has 0 spiro atoms. The second kappa shape index (κ2) is 10.3. The standard InChI is InChI=1S/C51H44N2/c1-49(2)28-29-50(3,4)45-40(49)27-26-38-44-36-20-11-10-19-35(36)43-37-21-13-15-23-42(37)52(47(43)48(44)53(46(38)45)31-16-8-7-9-17-31)32-24-25-34-33-18-12-14-22-39(33)51(5,6)41(34)30-32/h7-27,30H,28-29H2,1-6H3. The first-order valence-electron chi connectivity index (χ1n) is 19.3. The van der Waals surface area contributed by atoms with Gasteiger partial charge in [0.2, 0.25) is 0 Å². The van der Waals surface area contributed by atoms with Gasteiger partial charge in [-0.05, 0) is 98.2 Å². The van der Waals surface area contributed by atoms with E-state index >= 15 is 0 Å². The molecule has 2 aromatic heterocycles. The molecule has 0 amide bonds. The number of hydrogen-bond donors (Lipinski definition) is 0. The average Bonchev–Trinajstić information content (AvgIpc) is 3.78. The van der Waals surface area contributed by atoms with Crippen LogP contribution in [0.3, 0.4) is 0 Å². The van der Waals surface area contributed by atoms with Crippen LogP contribution >= 0.6 is 0 Å². The minimum absolute atomic E-state index is 0.0213. The SMILES string of the molecule is CC1(C)CCC(C)(C)c2c1ccc1c3c4ccccc4c4c5ccccc5n(-c5ccc6c(c5)C(C)(C)c5ccccc5-6)c4c3n(-c3ccccc3)c21. The zero-order valence-electron chi connectivity index (χ0n) is 31.5. The number of aromatic nitrogens is 2. The van der Waals surface area contributed by atoms with Gasteiger partial charge in [-0.3, -0.25) is 0 Å². The van der Waals surface area contributed by atoms with Crippen molar-refractivity contribution >= 4 is 54.4 Å². The van der Waals surface area contributed by atoms with Gasteiger partial charge in [-0.15, -0.1) is 0 Å². The first-order valence-corrected chi connectivity index (χ1v) is 19.3. The molecule has 0 radical (unpaired) electrons. The van der Waals surface area contributed by atoms with E-state index in [2.05, 4.69) is 184 Å². The van der Waals surface area contributed by atoms with E-state index in [1.165, 1.54) is 106 Å². The summed E-state index contributed by atoms with van der Waals surface area (Å²) in [6.45, 7) is 14.6. The van der Waals surface area contributed by atoms with E-state index in [0.717, 1.165) is 6.42 Å². The molecule has 2 heteroatoms.